The summed E-state index contributed by atoms with van der Waals surface area (Å²) in [6.07, 6.45) is 3.92. The Bertz CT molecular complexity index is 2940. The van der Waals surface area contributed by atoms with Gasteiger partial charge in [-0.3, -0.25) is 9.97 Å². The van der Waals surface area contributed by atoms with E-state index in [0.717, 1.165) is 39.2 Å². The van der Waals surface area contributed by atoms with E-state index in [9.17, 15) is 0 Å². The van der Waals surface area contributed by atoms with Crippen LogP contribution in [0, 0.1) is 0 Å². The molecule has 0 unspecified atom stereocenters. The minimum absolute atomic E-state index is 1.00. The van der Waals surface area contributed by atoms with Gasteiger partial charge in [0.25, 0.3) is 0 Å². The number of hydrogen-bond acceptors (Lipinski definition) is 2. The van der Waals surface area contributed by atoms with E-state index in [-0.39, 0.29) is 0 Å². The van der Waals surface area contributed by atoms with Gasteiger partial charge in [0.1, 0.15) is 0 Å². The van der Waals surface area contributed by atoms with E-state index in [2.05, 4.69) is 155 Å². The summed E-state index contributed by atoms with van der Waals surface area (Å²) in [7, 11) is 0. The second-order valence-corrected chi connectivity index (χ2v) is 12.7. The van der Waals surface area contributed by atoms with Crippen molar-refractivity contribution in [3.8, 4) is 45.0 Å². The summed E-state index contributed by atoms with van der Waals surface area (Å²) in [6.45, 7) is 0. The van der Waals surface area contributed by atoms with E-state index in [0.29, 0.717) is 0 Å². The van der Waals surface area contributed by atoms with E-state index in [1.807, 2.05) is 12.4 Å². The maximum absolute atomic E-state index is 5.05. The van der Waals surface area contributed by atoms with Gasteiger partial charge in [0.05, 0.1) is 45.3 Å². The van der Waals surface area contributed by atoms with Crippen molar-refractivity contribution >= 4 is 54.4 Å². The Kier molecular flexibility index (Phi) is 5.08. The quantitative estimate of drug-likeness (QED) is 0.199. The van der Waals surface area contributed by atoms with Crippen molar-refractivity contribution in [1.29, 1.82) is 0 Å². The molecule has 4 heteroatoms. The molecule has 0 radical (unpaired) electrons. The zero-order valence-corrected chi connectivity index (χ0v) is 25.8. The van der Waals surface area contributed by atoms with Crippen LogP contribution in [0.3, 0.4) is 0 Å². The van der Waals surface area contributed by atoms with Crippen LogP contribution in [-0.4, -0.2) is 19.1 Å². The van der Waals surface area contributed by atoms with Crippen molar-refractivity contribution in [2.24, 2.45) is 0 Å². The summed E-state index contributed by atoms with van der Waals surface area (Å²) in [5.41, 5.74) is 13.6. The maximum Gasteiger partial charge on any atom is 0.0809 e. The highest BCUT2D eigenvalue weighted by molar-refractivity contribution is 6.15. The summed E-state index contributed by atoms with van der Waals surface area (Å²) in [4.78, 5) is 9.87. The van der Waals surface area contributed by atoms with E-state index < -0.39 is 0 Å². The number of benzene rings is 6. The molecule has 0 fully saturated rings. The number of hydrogen-bond donors (Lipinski definition) is 0. The van der Waals surface area contributed by atoms with Gasteiger partial charge in [-0.1, -0.05) is 84.9 Å². The van der Waals surface area contributed by atoms with E-state index in [4.69, 9.17) is 9.97 Å². The lowest BCUT2D eigenvalue weighted by molar-refractivity contribution is 1.14. The van der Waals surface area contributed by atoms with Crippen LogP contribution < -0.4 is 0 Å². The summed E-state index contributed by atoms with van der Waals surface area (Å²) in [5.74, 6) is 0. The first-order valence-corrected chi connectivity index (χ1v) is 16.3. The van der Waals surface area contributed by atoms with Gasteiger partial charge in [-0.25, -0.2) is 0 Å². The van der Waals surface area contributed by atoms with Crippen LogP contribution in [0.2, 0.25) is 0 Å². The highest BCUT2D eigenvalue weighted by atomic mass is 15.0. The zero-order valence-electron chi connectivity index (χ0n) is 25.8. The Balaban J connectivity index is 1.10. The molecular weight excluding hydrogens is 585 g/mol. The van der Waals surface area contributed by atoms with Gasteiger partial charge < -0.3 is 9.13 Å². The van der Waals surface area contributed by atoms with Crippen molar-refractivity contribution in [3.05, 3.63) is 158 Å². The number of fused-ring (bicyclic) bond motifs is 9. The number of para-hydroxylation sites is 3. The predicted molar refractivity (Wildman–Crippen MR) is 198 cm³/mol. The van der Waals surface area contributed by atoms with Crippen molar-refractivity contribution in [2.45, 2.75) is 0 Å². The smallest absolute Gasteiger partial charge is 0.0809 e. The molecule has 11 rings (SSSR count). The van der Waals surface area contributed by atoms with Crippen LogP contribution in [-0.2, 0) is 0 Å². The molecule has 0 atom stereocenters. The summed E-state index contributed by atoms with van der Waals surface area (Å²) < 4.78 is 4.71. The largest absolute Gasteiger partial charge is 0.309 e. The molecule has 0 N–H and O–H groups in total. The normalized spacial score (nSPS) is 12.2. The predicted octanol–water partition coefficient (Wildman–Crippen LogP) is 11.1. The van der Waals surface area contributed by atoms with Crippen LogP contribution in [0.25, 0.3) is 99.4 Å². The van der Waals surface area contributed by atoms with E-state index in [1.54, 1.807) is 0 Å². The van der Waals surface area contributed by atoms with Crippen molar-refractivity contribution in [3.63, 3.8) is 0 Å². The van der Waals surface area contributed by atoms with Crippen LogP contribution in [0.1, 0.15) is 0 Å². The molecule has 0 amide bonds. The fourth-order valence-corrected chi connectivity index (χ4v) is 8.04. The average molecular weight is 611 g/mol. The third kappa shape index (κ3) is 3.43. The zero-order chi connectivity index (χ0) is 31.3. The van der Waals surface area contributed by atoms with Gasteiger partial charge in [0.15, 0.2) is 0 Å². The van der Waals surface area contributed by atoms with Gasteiger partial charge in [-0.15, -0.1) is 0 Å². The van der Waals surface area contributed by atoms with Crippen LogP contribution in [0.4, 0.5) is 0 Å². The second-order valence-electron chi connectivity index (χ2n) is 12.7. The highest BCUT2D eigenvalue weighted by Gasteiger charge is 2.25. The standard InChI is InChI=1S/C44H26N4/c1-2-10-30(11-3-1)47-38-15-6-4-12-32(38)35-23-28(17-19-40(35)47)29-18-20-41-36(24-29)33-13-5-7-16-39(33)48(41)31-25-37-43(46-26-31)34-14-8-9-27-21-22-45-44(37)42(27)34/h1-26H. The first kappa shape index (κ1) is 25.6. The molecule has 222 valence electrons. The first-order valence-electron chi connectivity index (χ1n) is 16.3. The summed E-state index contributed by atoms with van der Waals surface area (Å²) in [5, 5.41) is 7.34. The molecular formula is C44H26N4. The lowest BCUT2D eigenvalue weighted by atomic mass is 10.0. The number of nitrogens with zero attached hydrogens (tertiary/aromatic N) is 4. The molecule has 0 spiro atoms. The second kappa shape index (κ2) is 9.50. The molecule has 1 aliphatic carbocycles. The Morgan fingerprint density at radius 3 is 1.73 bits per heavy atom. The monoisotopic (exact) mass is 610 g/mol. The van der Waals surface area contributed by atoms with Crippen LogP contribution in [0.5, 0.6) is 0 Å². The Morgan fingerprint density at radius 2 is 1.02 bits per heavy atom. The van der Waals surface area contributed by atoms with Gasteiger partial charge in [0, 0.05) is 49.9 Å². The molecule has 1 aliphatic rings. The van der Waals surface area contributed by atoms with Gasteiger partial charge in [-0.2, -0.15) is 0 Å². The minimum Gasteiger partial charge on any atom is -0.309 e. The lowest BCUT2D eigenvalue weighted by Gasteiger charge is -2.10. The number of pyridine rings is 2. The topological polar surface area (TPSA) is 35.6 Å². The van der Waals surface area contributed by atoms with Crippen molar-refractivity contribution in [2.75, 3.05) is 0 Å². The Hall–Kier alpha value is -6.52. The summed E-state index contributed by atoms with van der Waals surface area (Å²) in [6, 6.07) is 52.5. The van der Waals surface area contributed by atoms with Gasteiger partial charge in [0.2, 0.25) is 0 Å². The molecule has 48 heavy (non-hydrogen) atoms. The van der Waals surface area contributed by atoms with E-state index in [1.165, 1.54) is 60.2 Å². The fraction of sp³-hybridized carbons (Fsp3) is 0. The SMILES string of the molecule is c1ccc(-n2c3ccccc3c3cc(-c4ccc5c(c4)c4ccccc4n5-c4cnc5c(c4)-c4nccc6cccc-5c46)ccc32)cc1. The molecule has 0 bridgehead atoms. The van der Waals surface area contributed by atoms with Crippen LogP contribution >= 0.6 is 0 Å². The van der Waals surface area contributed by atoms with Crippen LogP contribution in [0.15, 0.2) is 158 Å². The number of aromatic nitrogens is 4. The number of rotatable bonds is 3. The molecule has 6 aromatic carbocycles. The molecule has 4 aromatic heterocycles. The molecule has 4 heterocycles. The molecule has 4 nitrogen and oxygen atoms in total. The average Bonchev–Trinajstić information content (AvgIpc) is 3.78. The Morgan fingerprint density at radius 1 is 0.396 bits per heavy atom. The first-order chi connectivity index (χ1) is 23.8. The molecule has 0 saturated heterocycles. The fourth-order valence-electron chi connectivity index (χ4n) is 8.04. The van der Waals surface area contributed by atoms with E-state index >= 15 is 0 Å². The lowest BCUT2D eigenvalue weighted by Crippen LogP contribution is -1.96. The molecule has 0 saturated carbocycles. The third-order valence-electron chi connectivity index (χ3n) is 10.1. The Labute approximate surface area is 275 Å². The summed E-state index contributed by atoms with van der Waals surface area (Å²) >= 11 is 0. The minimum atomic E-state index is 1.00. The van der Waals surface area contributed by atoms with Gasteiger partial charge in [-0.05, 0) is 77.2 Å². The third-order valence-corrected chi connectivity index (χ3v) is 10.1. The molecule has 0 aliphatic heterocycles. The van der Waals surface area contributed by atoms with Gasteiger partial charge >= 0.3 is 0 Å². The maximum atomic E-state index is 5.05. The van der Waals surface area contributed by atoms with Crippen molar-refractivity contribution in [1.82, 2.24) is 19.1 Å². The molecule has 10 aromatic rings. The van der Waals surface area contributed by atoms with Crippen molar-refractivity contribution < 1.29 is 0 Å². The highest BCUT2D eigenvalue weighted by Crippen LogP contribution is 2.46.